The molecule has 106 valence electrons. The fourth-order valence-corrected chi connectivity index (χ4v) is 3.65. The van der Waals surface area contributed by atoms with E-state index in [1.807, 2.05) is 25.1 Å². The third-order valence-electron chi connectivity index (χ3n) is 4.23. The van der Waals surface area contributed by atoms with Crippen LogP contribution in [0.5, 0.6) is 0 Å². The van der Waals surface area contributed by atoms with E-state index in [2.05, 4.69) is 16.8 Å². The zero-order chi connectivity index (χ0) is 13.7. The topological polar surface area (TPSA) is 32.3 Å². The van der Waals surface area contributed by atoms with Crippen molar-refractivity contribution in [3.63, 3.8) is 0 Å². The van der Waals surface area contributed by atoms with Crippen LogP contribution < -0.4 is 5.32 Å². The van der Waals surface area contributed by atoms with Crippen molar-refractivity contribution in [2.24, 2.45) is 0 Å². The molecule has 0 spiro atoms. The number of hydrogen-bond donors (Lipinski definition) is 1. The molecular formula is C15H24N2OS. The fraction of sp³-hybridized carbons (Fsp3) is 0.667. The second kappa shape index (κ2) is 6.53. The average Bonchev–Trinajstić information content (AvgIpc) is 2.92. The molecule has 1 saturated carbocycles. The molecular weight excluding hydrogens is 256 g/mol. The normalized spacial score (nSPS) is 18.2. The summed E-state index contributed by atoms with van der Waals surface area (Å²) in [5.41, 5.74) is 0.0407. The predicted molar refractivity (Wildman–Crippen MR) is 80.3 cm³/mol. The lowest BCUT2D eigenvalue weighted by Gasteiger charge is -2.37. The van der Waals surface area contributed by atoms with Crippen LogP contribution in [0.15, 0.2) is 17.5 Å². The van der Waals surface area contributed by atoms with E-state index in [-0.39, 0.29) is 11.4 Å². The van der Waals surface area contributed by atoms with Gasteiger partial charge in [-0.1, -0.05) is 25.3 Å². The molecule has 1 aliphatic carbocycles. The summed E-state index contributed by atoms with van der Waals surface area (Å²) >= 11 is 1.71. The van der Waals surface area contributed by atoms with Crippen LogP contribution in [0.4, 0.5) is 0 Å². The molecule has 1 heterocycles. The van der Waals surface area contributed by atoms with Gasteiger partial charge in [0.15, 0.2) is 0 Å². The summed E-state index contributed by atoms with van der Waals surface area (Å²) in [6, 6.07) is 4.12. The van der Waals surface area contributed by atoms with Crippen molar-refractivity contribution < 1.29 is 4.79 Å². The summed E-state index contributed by atoms with van der Waals surface area (Å²) < 4.78 is 0. The summed E-state index contributed by atoms with van der Waals surface area (Å²) in [4.78, 5) is 15.5. The molecule has 0 aliphatic heterocycles. The molecule has 4 heteroatoms. The molecule has 0 atom stereocenters. The summed E-state index contributed by atoms with van der Waals surface area (Å²) in [5.74, 6) is 0.254. The number of thiophene rings is 1. The van der Waals surface area contributed by atoms with Gasteiger partial charge in [-0.25, -0.2) is 0 Å². The summed E-state index contributed by atoms with van der Waals surface area (Å²) in [7, 11) is 3.91. The highest BCUT2D eigenvalue weighted by Gasteiger charge is 2.33. The van der Waals surface area contributed by atoms with Crippen molar-refractivity contribution in [3.8, 4) is 0 Å². The van der Waals surface area contributed by atoms with Crippen LogP contribution in [0.2, 0.25) is 0 Å². The van der Waals surface area contributed by atoms with Gasteiger partial charge in [0.2, 0.25) is 5.91 Å². The Morgan fingerprint density at radius 2 is 2.16 bits per heavy atom. The number of rotatable bonds is 5. The zero-order valence-electron chi connectivity index (χ0n) is 11.9. The lowest BCUT2D eigenvalue weighted by atomic mass is 9.79. The maximum absolute atomic E-state index is 12.4. The first kappa shape index (κ1) is 14.5. The zero-order valence-corrected chi connectivity index (χ0v) is 12.8. The van der Waals surface area contributed by atoms with Gasteiger partial charge in [-0.15, -0.1) is 11.3 Å². The van der Waals surface area contributed by atoms with Gasteiger partial charge in [-0.05, 0) is 31.3 Å². The van der Waals surface area contributed by atoms with Crippen LogP contribution in [0.3, 0.4) is 0 Å². The van der Waals surface area contributed by atoms with E-state index in [1.54, 1.807) is 11.3 Å². The Kier molecular flexibility index (Phi) is 4.99. The van der Waals surface area contributed by atoms with E-state index < -0.39 is 0 Å². The molecule has 1 aromatic heterocycles. The van der Waals surface area contributed by atoms with Gasteiger partial charge >= 0.3 is 0 Å². The lowest BCUT2D eigenvalue weighted by Crippen LogP contribution is -2.48. The van der Waals surface area contributed by atoms with Crippen LogP contribution in [-0.2, 0) is 11.3 Å². The Bertz CT molecular complexity index is 396. The van der Waals surface area contributed by atoms with Crippen molar-refractivity contribution in [1.82, 2.24) is 10.2 Å². The Morgan fingerprint density at radius 1 is 1.42 bits per heavy atom. The monoisotopic (exact) mass is 280 g/mol. The number of carbonyl (C=O) groups excluding carboxylic acids is 1. The molecule has 1 aliphatic rings. The van der Waals surface area contributed by atoms with Gasteiger partial charge in [-0.2, -0.15) is 0 Å². The van der Waals surface area contributed by atoms with Crippen LogP contribution in [0.25, 0.3) is 0 Å². The van der Waals surface area contributed by atoms with Crippen LogP contribution >= 0.6 is 11.3 Å². The Balaban J connectivity index is 1.91. The first-order valence-electron chi connectivity index (χ1n) is 7.10. The standard InChI is InChI=1S/C15H24N2OS/c1-16-15(8-4-3-5-9-15)11-14(18)17(2)12-13-7-6-10-19-13/h6-7,10,16H,3-5,8-9,11-12H2,1-2H3. The van der Waals surface area contributed by atoms with Gasteiger partial charge in [-0.3, -0.25) is 4.79 Å². The smallest absolute Gasteiger partial charge is 0.224 e. The van der Waals surface area contributed by atoms with Gasteiger partial charge in [0, 0.05) is 23.9 Å². The molecule has 19 heavy (non-hydrogen) atoms. The van der Waals surface area contributed by atoms with E-state index in [4.69, 9.17) is 0 Å². The molecule has 0 aromatic carbocycles. The highest BCUT2D eigenvalue weighted by atomic mass is 32.1. The van der Waals surface area contributed by atoms with E-state index in [9.17, 15) is 4.79 Å². The molecule has 1 aromatic rings. The second-order valence-corrected chi connectivity index (χ2v) is 6.63. The number of amides is 1. The number of nitrogens with zero attached hydrogens (tertiary/aromatic N) is 1. The summed E-state index contributed by atoms with van der Waals surface area (Å²) in [6.45, 7) is 0.732. The predicted octanol–water partition coefficient (Wildman–Crippen LogP) is 3.02. The highest BCUT2D eigenvalue weighted by molar-refractivity contribution is 7.09. The first-order valence-corrected chi connectivity index (χ1v) is 7.98. The van der Waals surface area contributed by atoms with Gasteiger partial charge < -0.3 is 10.2 Å². The maximum Gasteiger partial charge on any atom is 0.224 e. The third kappa shape index (κ3) is 3.80. The molecule has 0 saturated heterocycles. The molecule has 3 nitrogen and oxygen atoms in total. The fourth-order valence-electron chi connectivity index (χ4n) is 2.89. The van der Waals surface area contributed by atoms with Crippen LogP contribution in [0.1, 0.15) is 43.4 Å². The second-order valence-electron chi connectivity index (χ2n) is 5.60. The molecule has 0 radical (unpaired) electrons. The number of nitrogens with one attached hydrogen (secondary N) is 1. The quantitative estimate of drug-likeness (QED) is 0.899. The minimum absolute atomic E-state index is 0.0407. The number of hydrogen-bond acceptors (Lipinski definition) is 3. The van der Waals surface area contributed by atoms with Gasteiger partial charge in [0.25, 0.3) is 0 Å². The van der Waals surface area contributed by atoms with E-state index >= 15 is 0 Å². The van der Waals surface area contributed by atoms with Crippen LogP contribution in [-0.4, -0.2) is 30.4 Å². The Labute approximate surface area is 120 Å². The molecule has 2 rings (SSSR count). The van der Waals surface area contributed by atoms with Crippen LogP contribution in [0, 0.1) is 0 Å². The average molecular weight is 280 g/mol. The van der Waals surface area contributed by atoms with Crippen molar-refractivity contribution >= 4 is 17.2 Å². The van der Waals surface area contributed by atoms with Crippen molar-refractivity contribution in [1.29, 1.82) is 0 Å². The minimum Gasteiger partial charge on any atom is -0.341 e. The largest absolute Gasteiger partial charge is 0.341 e. The van der Waals surface area contributed by atoms with E-state index in [1.165, 1.54) is 24.1 Å². The molecule has 1 N–H and O–H groups in total. The van der Waals surface area contributed by atoms with E-state index in [0.717, 1.165) is 19.4 Å². The van der Waals surface area contributed by atoms with Gasteiger partial charge in [0.1, 0.15) is 0 Å². The molecule has 0 unspecified atom stereocenters. The maximum atomic E-state index is 12.4. The minimum atomic E-state index is 0.0407. The molecule has 1 amide bonds. The van der Waals surface area contributed by atoms with Crippen molar-refractivity contribution in [3.05, 3.63) is 22.4 Å². The summed E-state index contributed by atoms with van der Waals surface area (Å²) in [5, 5.41) is 5.48. The lowest BCUT2D eigenvalue weighted by molar-refractivity contribution is -0.132. The Morgan fingerprint density at radius 3 is 2.74 bits per heavy atom. The number of carbonyl (C=O) groups is 1. The molecule has 1 fully saturated rings. The summed E-state index contributed by atoms with van der Waals surface area (Å²) in [6.07, 6.45) is 6.67. The van der Waals surface area contributed by atoms with Gasteiger partial charge in [0.05, 0.1) is 6.54 Å². The third-order valence-corrected chi connectivity index (χ3v) is 5.09. The van der Waals surface area contributed by atoms with E-state index in [0.29, 0.717) is 6.42 Å². The first-order chi connectivity index (χ1) is 9.15. The molecule has 0 bridgehead atoms. The Hall–Kier alpha value is -0.870. The SMILES string of the molecule is CNC1(CC(=O)N(C)Cc2cccs2)CCCCC1. The van der Waals surface area contributed by atoms with Crippen molar-refractivity contribution in [2.45, 2.75) is 50.6 Å². The van der Waals surface area contributed by atoms with Crippen molar-refractivity contribution in [2.75, 3.05) is 14.1 Å². The highest BCUT2D eigenvalue weighted by Crippen LogP contribution is 2.31.